The van der Waals surface area contributed by atoms with E-state index < -0.39 is 5.97 Å². The summed E-state index contributed by atoms with van der Waals surface area (Å²) in [5.74, 6) is -0.566. The van der Waals surface area contributed by atoms with Gasteiger partial charge in [-0.25, -0.2) is 4.79 Å². The molecule has 0 unspecified atom stereocenters. The molecule has 0 bridgehead atoms. The number of aromatic hydroxyl groups is 1. The molecule has 0 aromatic heterocycles. The van der Waals surface area contributed by atoms with E-state index in [-0.39, 0.29) is 11.5 Å². The maximum atomic E-state index is 10.5. The summed E-state index contributed by atoms with van der Waals surface area (Å²) in [6.45, 7) is 1.89. The Kier molecular flexibility index (Phi) is 4.59. The van der Waals surface area contributed by atoms with Crippen LogP contribution >= 0.6 is 0 Å². The molecule has 5 nitrogen and oxygen atoms in total. The average Bonchev–Trinajstić information content (AvgIpc) is 2.36. The molecule has 5 heteroatoms. The third-order valence-corrected chi connectivity index (χ3v) is 2.54. The molecule has 0 radical (unpaired) electrons. The summed E-state index contributed by atoms with van der Waals surface area (Å²) < 4.78 is 10.2. The molecule has 0 saturated carbocycles. The highest BCUT2D eigenvalue weighted by atomic mass is 16.5. The monoisotopic (exact) mass is 252 g/mol. The highest BCUT2D eigenvalue weighted by molar-refractivity contribution is 5.86. The van der Waals surface area contributed by atoms with E-state index >= 15 is 0 Å². The van der Waals surface area contributed by atoms with Gasteiger partial charge in [-0.1, -0.05) is 6.92 Å². The van der Waals surface area contributed by atoms with Crippen LogP contribution in [0.15, 0.2) is 12.1 Å². The Labute approximate surface area is 105 Å². The van der Waals surface area contributed by atoms with E-state index in [1.165, 1.54) is 20.3 Å². The smallest absolute Gasteiger partial charge is 0.328 e. The Hall–Kier alpha value is -2.17. The van der Waals surface area contributed by atoms with Gasteiger partial charge in [0.1, 0.15) is 0 Å². The Morgan fingerprint density at radius 2 is 2.06 bits per heavy atom. The van der Waals surface area contributed by atoms with Gasteiger partial charge in [-0.2, -0.15) is 0 Å². The number of hydrogen-bond acceptors (Lipinski definition) is 4. The number of carboxylic acids is 1. The molecule has 0 fully saturated rings. The van der Waals surface area contributed by atoms with Gasteiger partial charge in [0.25, 0.3) is 0 Å². The number of carboxylic acid groups (broad SMARTS) is 1. The molecule has 0 aliphatic rings. The second kappa shape index (κ2) is 5.95. The van der Waals surface area contributed by atoms with E-state index in [0.29, 0.717) is 17.7 Å². The highest BCUT2D eigenvalue weighted by Gasteiger charge is 2.16. The number of ether oxygens (including phenoxy) is 2. The van der Waals surface area contributed by atoms with Gasteiger partial charge in [-0.05, 0) is 24.1 Å². The molecular weight excluding hydrogens is 236 g/mol. The average molecular weight is 252 g/mol. The number of hydrogen-bond donors (Lipinski definition) is 2. The topological polar surface area (TPSA) is 76.0 Å². The fraction of sp³-hybridized carbons (Fsp3) is 0.308. The second-order valence-electron chi connectivity index (χ2n) is 3.55. The summed E-state index contributed by atoms with van der Waals surface area (Å²) in [4.78, 5) is 10.5. The summed E-state index contributed by atoms with van der Waals surface area (Å²) in [5.41, 5.74) is 1.37. The molecule has 18 heavy (non-hydrogen) atoms. The summed E-state index contributed by atoms with van der Waals surface area (Å²) >= 11 is 0. The number of phenolic OH excluding ortho intramolecular Hbond substituents is 1. The second-order valence-corrected chi connectivity index (χ2v) is 3.55. The zero-order chi connectivity index (χ0) is 13.7. The maximum Gasteiger partial charge on any atom is 0.328 e. The minimum absolute atomic E-state index is 0.0793. The summed E-state index contributed by atoms with van der Waals surface area (Å²) in [7, 11) is 2.86. The van der Waals surface area contributed by atoms with Crippen molar-refractivity contribution in [1.82, 2.24) is 0 Å². The van der Waals surface area contributed by atoms with E-state index in [2.05, 4.69) is 0 Å². The lowest BCUT2D eigenvalue weighted by Crippen LogP contribution is -1.98. The lowest BCUT2D eigenvalue weighted by atomic mass is 10.0. The van der Waals surface area contributed by atoms with Crippen LogP contribution in [-0.4, -0.2) is 30.4 Å². The molecular formula is C13H16O5. The summed E-state index contributed by atoms with van der Waals surface area (Å²) in [6, 6.07) is 1.58. The number of rotatable bonds is 5. The van der Waals surface area contributed by atoms with Gasteiger partial charge in [0.2, 0.25) is 5.75 Å². The van der Waals surface area contributed by atoms with Crippen molar-refractivity contribution in [2.75, 3.05) is 14.2 Å². The van der Waals surface area contributed by atoms with Crippen LogP contribution in [0.5, 0.6) is 17.2 Å². The van der Waals surface area contributed by atoms with E-state index in [9.17, 15) is 9.90 Å². The number of carbonyl (C=O) groups is 1. The molecule has 0 heterocycles. The van der Waals surface area contributed by atoms with E-state index in [1.807, 2.05) is 6.92 Å². The van der Waals surface area contributed by atoms with Gasteiger partial charge >= 0.3 is 5.97 Å². The third kappa shape index (κ3) is 2.74. The Morgan fingerprint density at radius 3 is 2.50 bits per heavy atom. The number of aliphatic carboxylic acids is 1. The molecule has 1 aromatic rings. The predicted octanol–water partition coefficient (Wildman–Crippen LogP) is 2.07. The van der Waals surface area contributed by atoms with Gasteiger partial charge < -0.3 is 19.7 Å². The number of methoxy groups -OCH3 is 2. The van der Waals surface area contributed by atoms with Gasteiger partial charge in [-0.3, -0.25) is 0 Å². The SMILES string of the molecule is CCc1c(C=CC(=O)O)cc(OC)c(O)c1OC. The van der Waals surface area contributed by atoms with Gasteiger partial charge in [0, 0.05) is 11.6 Å². The first-order valence-corrected chi connectivity index (χ1v) is 5.42. The third-order valence-electron chi connectivity index (χ3n) is 2.54. The largest absolute Gasteiger partial charge is 0.502 e. The summed E-state index contributed by atoms with van der Waals surface area (Å²) in [6.07, 6.45) is 3.08. The first-order chi connectivity index (χ1) is 8.54. The Balaban J connectivity index is 3.44. The predicted molar refractivity (Wildman–Crippen MR) is 67.3 cm³/mol. The van der Waals surface area contributed by atoms with Crippen LogP contribution < -0.4 is 9.47 Å². The minimum atomic E-state index is -1.04. The first-order valence-electron chi connectivity index (χ1n) is 5.42. The molecule has 0 spiro atoms. The Bertz CT molecular complexity index is 477. The molecule has 2 N–H and O–H groups in total. The van der Waals surface area contributed by atoms with Crippen molar-refractivity contribution in [3.63, 3.8) is 0 Å². The molecule has 1 aromatic carbocycles. The van der Waals surface area contributed by atoms with Crippen molar-refractivity contribution in [1.29, 1.82) is 0 Å². The quantitative estimate of drug-likeness (QED) is 0.784. The zero-order valence-electron chi connectivity index (χ0n) is 10.6. The number of phenols is 1. The summed E-state index contributed by atoms with van der Waals surface area (Å²) in [5, 5.41) is 18.6. The molecule has 0 aliphatic heterocycles. The lowest BCUT2D eigenvalue weighted by Gasteiger charge is -2.15. The van der Waals surface area contributed by atoms with Crippen LogP contribution in [-0.2, 0) is 11.2 Å². The minimum Gasteiger partial charge on any atom is -0.502 e. The van der Waals surface area contributed by atoms with E-state index in [1.54, 1.807) is 6.07 Å². The van der Waals surface area contributed by atoms with Crippen LogP contribution in [0, 0.1) is 0 Å². The standard InChI is InChI=1S/C13H16O5/c1-4-9-8(5-6-11(14)15)7-10(17-2)12(16)13(9)18-3/h5-7,16H,4H2,1-3H3,(H,14,15). The molecule has 1 rings (SSSR count). The van der Waals surface area contributed by atoms with Crippen molar-refractivity contribution in [3.05, 3.63) is 23.3 Å². The van der Waals surface area contributed by atoms with Gasteiger partial charge in [-0.15, -0.1) is 0 Å². The molecule has 0 aliphatic carbocycles. The fourth-order valence-electron chi connectivity index (χ4n) is 1.73. The van der Waals surface area contributed by atoms with Crippen LogP contribution in [0.3, 0.4) is 0 Å². The first kappa shape index (κ1) is 13.9. The molecule has 0 atom stereocenters. The number of benzene rings is 1. The lowest BCUT2D eigenvalue weighted by molar-refractivity contribution is -0.131. The fourth-order valence-corrected chi connectivity index (χ4v) is 1.73. The highest BCUT2D eigenvalue weighted by Crippen LogP contribution is 2.41. The molecule has 0 saturated heterocycles. The van der Waals surface area contributed by atoms with Crippen molar-refractivity contribution < 1.29 is 24.5 Å². The molecule has 98 valence electrons. The van der Waals surface area contributed by atoms with Crippen LogP contribution in [0.4, 0.5) is 0 Å². The maximum absolute atomic E-state index is 10.5. The van der Waals surface area contributed by atoms with E-state index in [4.69, 9.17) is 14.6 Å². The normalized spacial score (nSPS) is 10.6. The van der Waals surface area contributed by atoms with Crippen molar-refractivity contribution >= 4 is 12.0 Å². The van der Waals surface area contributed by atoms with Crippen molar-refractivity contribution in [3.8, 4) is 17.2 Å². The molecule has 0 amide bonds. The van der Waals surface area contributed by atoms with Gasteiger partial charge in [0.05, 0.1) is 14.2 Å². The van der Waals surface area contributed by atoms with Crippen LogP contribution in [0.2, 0.25) is 0 Å². The Morgan fingerprint density at radius 1 is 1.39 bits per heavy atom. The van der Waals surface area contributed by atoms with E-state index in [0.717, 1.165) is 11.6 Å². The van der Waals surface area contributed by atoms with Crippen molar-refractivity contribution in [2.45, 2.75) is 13.3 Å². The van der Waals surface area contributed by atoms with Crippen molar-refractivity contribution in [2.24, 2.45) is 0 Å². The van der Waals surface area contributed by atoms with Crippen LogP contribution in [0.1, 0.15) is 18.1 Å². The van der Waals surface area contributed by atoms with Crippen LogP contribution in [0.25, 0.3) is 6.08 Å². The zero-order valence-corrected chi connectivity index (χ0v) is 10.6. The van der Waals surface area contributed by atoms with Gasteiger partial charge in [0.15, 0.2) is 11.5 Å².